The maximum absolute atomic E-state index is 13.8. The summed E-state index contributed by atoms with van der Waals surface area (Å²) in [4.78, 5) is 24.8. The number of ketones is 1. The minimum absolute atomic E-state index is 0.0195. The van der Waals surface area contributed by atoms with Gasteiger partial charge in [0.25, 0.3) is 0 Å². The first-order valence-corrected chi connectivity index (χ1v) is 8.79. The van der Waals surface area contributed by atoms with Crippen molar-refractivity contribution in [2.24, 2.45) is 11.8 Å². The van der Waals surface area contributed by atoms with Crippen LogP contribution in [0.25, 0.3) is 0 Å². The molecule has 0 bridgehead atoms. The third-order valence-electron chi connectivity index (χ3n) is 4.46. The van der Waals surface area contributed by atoms with Crippen molar-refractivity contribution >= 4 is 11.8 Å². The van der Waals surface area contributed by atoms with E-state index in [1.54, 1.807) is 13.8 Å². The first-order valence-electron chi connectivity index (χ1n) is 8.79. The van der Waals surface area contributed by atoms with E-state index in [4.69, 9.17) is 4.74 Å². The number of esters is 1. The van der Waals surface area contributed by atoms with Crippen molar-refractivity contribution in [2.45, 2.75) is 58.7 Å². The summed E-state index contributed by atoms with van der Waals surface area (Å²) in [5.74, 6) is -15.8. The third kappa shape index (κ3) is 4.51. The molecule has 4 nitrogen and oxygen atoms in total. The molecule has 0 unspecified atom stereocenters. The summed E-state index contributed by atoms with van der Waals surface area (Å²) in [6.07, 6.45) is -0.670. The van der Waals surface area contributed by atoms with Gasteiger partial charge in [-0.1, -0.05) is 20.3 Å². The normalized spacial score (nSPS) is 19.9. The van der Waals surface area contributed by atoms with E-state index in [1.165, 1.54) is 0 Å². The Morgan fingerprint density at radius 3 is 1.96 bits per heavy atom. The molecular formula is C19H21F5O4. The number of carbonyl (C=O) groups excluding carboxylic acids is 2. The predicted octanol–water partition coefficient (Wildman–Crippen LogP) is 4.48. The summed E-state index contributed by atoms with van der Waals surface area (Å²) in [5.41, 5.74) is -0.845. The van der Waals surface area contributed by atoms with E-state index in [2.05, 4.69) is 4.74 Å². The molecule has 28 heavy (non-hydrogen) atoms. The van der Waals surface area contributed by atoms with Gasteiger partial charge in [0.2, 0.25) is 34.8 Å². The van der Waals surface area contributed by atoms with Crippen LogP contribution in [0.4, 0.5) is 22.0 Å². The van der Waals surface area contributed by atoms with Crippen LogP contribution in [0.1, 0.15) is 47.0 Å². The lowest BCUT2D eigenvalue weighted by molar-refractivity contribution is -0.150. The van der Waals surface area contributed by atoms with E-state index in [-0.39, 0.29) is 18.8 Å². The number of rotatable bonds is 6. The number of hydrogen-bond acceptors (Lipinski definition) is 4. The summed E-state index contributed by atoms with van der Waals surface area (Å²) in [5, 5.41) is 0. The van der Waals surface area contributed by atoms with E-state index in [1.807, 2.05) is 13.8 Å². The highest BCUT2D eigenvalue weighted by molar-refractivity contribution is 5.91. The third-order valence-corrected chi connectivity index (χ3v) is 4.46. The molecule has 2 rings (SSSR count). The smallest absolute Gasteiger partial charge is 0.317 e. The Labute approximate surface area is 159 Å². The maximum atomic E-state index is 13.8. The molecular weight excluding hydrogens is 387 g/mol. The van der Waals surface area contributed by atoms with Gasteiger partial charge in [-0.05, 0) is 26.2 Å². The highest BCUT2D eigenvalue weighted by atomic mass is 19.2. The monoisotopic (exact) mass is 408 g/mol. The van der Waals surface area contributed by atoms with E-state index in [0.717, 1.165) is 0 Å². The van der Waals surface area contributed by atoms with Gasteiger partial charge in [-0.2, -0.15) is 8.78 Å². The van der Waals surface area contributed by atoms with Crippen molar-refractivity contribution in [3.05, 3.63) is 29.1 Å². The van der Waals surface area contributed by atoms with Crippen molar-refractivity contribution in [1.29, 1.82) is 0 Å². The van der Waals surface area contributed by atoms with Crippen LogP contribution in [0.5, 0.6) is 5.75 Å². The molecule has 0 saturated carbocycles. The molecule has 1 saturated heterocycles. The first kappa shape index (κ1) is 22.3. The second-order valence-electron chi connectivity index (χ2n) is 7.84. The van der Waals surface area contributed by atoms with Gasteiger partial charge in [0.15, 0.2) is 5.78 Å². The minimum Gasteiger partial charge on any atom is -0.420 e. The summed E-state index contributed by atoms with van der Waals surface area (Å²) in [6, 6.07) is 0. The van der Waals surface area contributed by atoms with Crippen LogP contribution >= 0.6 is 0 Å². The number of carbonyl (C=O) groups is 2. The molecule has 2 atom stereocenters. The van der Waals surface area contributed by atoms with E-state index in [9.17, 15) is 31.5 Å². The summed E-state index contributed by atoms with van der Waals surface area (Å²) in [7, 11) is 0. The van der Waals surface area contributed by atoms with Gasteiger partial charge in [-0.15, -0.1) is 0 Å². The Bertz CT molecular complexity index is 762. The van der Waals surface area contributed by atoms with Crippen LogP contribution in [0, 0.1) is 40.9 Å². The lowest BCUT2D eigenvalue weighted by Crippen LogP contribution is -2.37. The summed E-state index contributed by atoms with van der Waals surface area (Å²) >= 11 is 0. The van der Waals surface area contributed by atoms with E-state index in [0.29, 0.717) is 6.42 Å². The quantitative estimate of drug-likeness (QED) is 0.229. The molecule has 0 aliphatic carbocycles. The number of Topliss-reactive ketones (excluding diaryl/α,β-unsaturated/α-hetero) is 1. The fourth-order valence-electron chi connectivity index (χ4n) is 3.03. The van der Waals surface area contributed by atoms with Crippen molar-refractivity contribution in [3.63, 3.8) is 0 Å². The molecule has 0 radical (unpaired) electrons. The summed E-state index contributed by atoms with van der Waals surface area (Å²) in [6.45, 7) is 6.99. The zero-order valence-electron chi connectivity index (χ0n) is 15.9. The Hall–Kier alpha value is -2.03. The zero-order chi connectivity index (χ0) is 21.4. The molecule has 1 fully saturated rings. The van der Waals surface area contributed by atoms with E-state index < -0.39 is 64.2 Å². The van der Waals surface area contributed by atoms with Crippen LogP contribution in [-0.2, 0) is 14.3 Å². The molecule has 1 heterocycles. The lowest BCUT2D eigenvalue weighted by atomic mass is 9.90. The van der Waals surface area contributed by atoms with Crippen LogP contribution in [-0.4, -0.2) is 23.5 Å². The minimum atomic E-state index is -2.36. The van der Waals surface area contributed by atoms with Gasteiger partial charge in [-0.3, -0.25) is 9.59 Å². The zero-order valence-corrected chi connectivity index (χ0v) is 15.9. The molecule has 1 aromatic carbocycles. The molecule has 0 N–H and O–H groups in total. The summed E-state index contributed by atoms with van der Waals surface area (Å²) < 4.78 is 77.6. The number of ether oxygens (including phenoxy) is 2. The van der Waals surface area contributed by atoms with Gasteiger partial charge in [0.05, 0.1) is 11.5 Å². The van der Waals surface area contributed by atoms with Crippen LogP contribution in [0.15, 0.2) is 0 Å². The molecule has 0 amide bonds. The number of halogens is 5. The van der Waals surface area contributed by atoms with Crippen LogP contribution < -0.4 is 4.74 Å². The number of hydrogen-bond donors (Lipinski definition) is 0. The van der Waals surface area contributed by atoms with Gasteiger partial charge < -0.3 is 9.47 Å². The fraction of sp³-hybridized carbons (Fsp3) is 0.579. The first-order chi connectivity index (χ1) is 12.9. The second kappa shape index (κ2) is 8.14. The Kier molecular flexibility index (Phi) is 6.48. The van der Waals surface area contributed by atoms with Gasteiger partial charge in [0.1, 0.15) is 6.10 Å². The molecule has 0 spiro atoms. The van der Waals surface area contributed by atoms with Crippen molar-refractivity contribution in [1.82, 2.24) is 0 Å². The highest BCUT2D eigenvalue weighted by Crippen LogP contribution is 2.35. The Morgan fingerprint density at radius 2 is 1.54 bits per heavy atom. The second-order valence-corrected chi connectivity index (χ2v) is 7.84. The maximum Gasteiger partial charge on any atom is 0.317 e. The fourth-order valence-corrected chi connectivity index (χ4v) is 3.03. The molecule has 1 aromatic rings. The van der Waals surface area contributed by atoms with Crippen LogP contribution in [0.2, 0.25) is 0 Å². The molecule has 1 aliphatic rings. The van der Waals surface area contributed by atoms with Crippen molar-refractivity contribution < 1.29 is 41.0 Å². The van der Waals surface area contributed by atoms with Crippen molar-refractivity contribution in [3.8, 4) is 5.75 Å². The lowest BCUT2D eigenvalue weighted by Gasteiger charge is -2.24. The molecule has 9 heteroatoms. The van der Waals surface area contributed by atoms with Crippen LogP contribution in [0.3, 0.4) is 0 Å². The number of benzene rings is 1. The molecule has 1 aliphatic heterocycles. The Morgan fingerprint density at radius 1 is 1.04 bits per heavy atom. The van der Waals surface area contributed by atoms with Gasteiger partial charge in [0, 0.05) is 6.42 Å². The topological polar surface area (TPSA) is 52.6 Å². The van der Waals surface area contributed by atoms with Gasteiger partial charge >= 0.3 is 5.97 Å². The van der Waals surface area contributed by atoms with E-state index >= 15 is 0 Å². The Balaban J connectivity index is 2.35. The SMILES string of the molecule is CC(C)CC[C@@H](C(=O)Oc1c(F)c(F)c(F)c(F)c1F)[C@@H]1OC(C)(C)CC1=O. The average molecular weight is 408 g/mol. The standard InChI is InChI=1S/C19H21F5O4/c1-8(2)5-6-9(16-10(25)7-19(3,4)28-16)18(26)27-17-14(23)12(21)11(20)13(22)15(17)24/h8-9,16H,5-7H2,1-4H3/t9-,16+/m1/s1. The van der Waals surface area contributed by atoms with Crippen molar-refractivity contribution in [2.75, 3.05) is 0 Å². The average Bonchev–Trinajstić information content (AvgIpc) is 2.87. The largest absolute Gasteiger partial charge is 0.420 e. The predicted molar refractivity (Wildman–Crippen MR) is 88.0 cm³/mol. The molecule has 156 valence electrons. The highest BCUT2D eigenvalue weighted by Gasteiger charge is 2.46. The molecule has 0 aromatic heterocycles. The van der Waals surface area contributed by atoms with Gasteiger partial charge in [-0.25, -0.2) is 13.2 Å².